The summed E-state index contributed by atoms with van der Waals surface area (Å²) in [5.41, 5.74) is 0.876. The molecule has 0 unspecified atom stereocenters. The van der Waals surface area contributed by atoms with Crippen LogP contribution in [-0.4, -0.2) is 48.1 Å². The normalized spacial score (nSPS) is 10.2. The van der Waals surface area contributed by atoms with Crippen molar-refractivity contribution in [3.8, 4) is 11.5 Å². The maximum Gasteiger partial charge on any atom is 0.307 e. The van der Waals surface area contributed by atoms with Gasteiger partial charge < -0.3 is 19.1 Å². The molecular formula is C21H26N2O5. The van der Waals surface area contributed by atoms with E-state index in [9.17, 15) is 9.59 Å². The van der Waals surface area contributed by atoms with Crippen LogP contribution in [0.3, 0.4) is 0 Å². The predicted octanol–water partition coefficient (Wildman–Crippen LogP) is 2.84. The van der Waals surface area contributed by atoms with Crippen LogP contribution in [0.2, 0.25) is 0 Å². The first-order valence-electron chi connectivity index (χ1n) is 9.30. The topological polar surface area (TPSA) is 78.0 Å². The number of carbonyl (C=O) groups excluding carboxylic acids is 2. The highest BCUT2D eigenvalue weighted by Crippen LogP contribution is 2.17. The number of hydrogen-bond acceptors (Lipinski definition) is 6. The van der Waals surface area contributed by atoms with Crippen molar-refractivity contribution in [2.45, 2.75) is 26.8 Å². The third-order valence-corrected chi connectivity index (χ3v) is 3.84. The van der Waals surface area contributed by atoms with Crippen molar-refractivity contribution in [3.05, 3.63) is 54.4 Å². The molecule has 150 valence electrons. The summed E-state index contributed by atoms with van der Waals surface area (Å²) in [6.07, 6.45) is 3.49. The quantitative estimate of drug-likeness (QED) is 0.553. The van der Waals surface area contributed by atoms with Crippen LogP contribution < -0.4 is 9.47 Å². The number of ether oxygens (including phenoxy) is 3. The van der Waals surface area contributed by atoms with Crippen LogP contribution in [-0.2, 0) is 20.9 Å². The minimum absolute atomic E-state index is 0.128. The predicted molar refractivity (Wildman–Crippen MR) is 104 cm³/mol. The Bertz CT molecular complexity index is 734. The van der Waals surface area contributed by atoms with Crippen molar-refractivity contribution < 1.29 is 23.8 Å². The molecule has 0 aliphatic rings. The Morgan fingerprint density at radius 3 is 2.32 bits per heavy atom. The summed E-state index contributed by atoms with van der Waals surface area (Å²) in [7, 11) is 0. The summed E-state index contributed by atoms with van der Waals surface area (Å²) in [4.78, 5) is 30.0. The second kappa shape index (κ2) is 11.6. The molecule has 7 heteroatoms. The van der Waals surface area contributed by atoms with E-state index < -0.39 is 0 Å². The zero-order valence-corrected chi connectivity index (χ0v) is 16.3. The number of carbonyl (C=O) groups is 2. The fourth-order valence-corrected chi connectivity index (χ4v) is 2.50. The number of esters is 1. The SMILES string of the molecule is CCOC(=O)CCN(Cc1cccnc1)C(=O)COc1ccc(OCC)cc1. The molecule has 2 aromatic rings. The monoisotopic (exact) mass is 386 g/mol. The Kier molecular flexibility index (Phi) is 8.78. The highest BCUT2D eigenvalue weighted by atomic mass is 16.5. The van der Waals surface area contributed by atoms with Crippen molar-refractivity contribution in [3.63, 3.8) is 0 Å². The van der Waals surface area contributed by atoms with Gasteiger partial charge in [0.1, 0.15) is 11.5 Å². The maximum absolute atomic E-state index is 12.7. The van der Waals surface area contributed by atoms with E-state index in [2.05, 4.69) is 4.98 Å². The third kappa shape index (κ3) is 7.26. The van der Waals surface area contributed by atoms with Gasteiger partial charge in [-0.2, -0.15) is 0 Å². The highest BCUT2D eigenvalue weighted by molar-refractivity contribution is 5.78. The lowest BCUT2D eigenvalue weighted by atomic mass is 10.2. The average Bonchev–Trinajstić information content (AvgIpc) is 2.71. The Morgan fingerprint density at radius 2 is 1.71 bits per heavy atom. The van der Waals surface area contributed by atoms with E-state index in [1.807, 2.05) is 13.0 Å². The van der Waals surface area contributed by atoms with Gasteiger partial charge in [-0.3, -0.25) is 14.6 Å². The molecule has 0 aliphatic heterocycles. The van der Waals surface area contributed by atoms with E-state index in [-0.39, 0.29) is 31.4 Å². The molecule has 0 radical (unpaired) electrons. The average molecular weight is 386 g/mol. The van der Waals surface area contributed by atoms with Gasteiger partial charge in [0.2, 0.25) is 0 Å². The van der Waals surface area contributed by atoms with Gasteiger partial charge in [-0.05, 0) is 49.7 Å². The lowest BCUT2D eigenvalue weighted by Gasteiger charge is -2.22. The molecule has 7 nitrogen and oxygen atoms in total. The molecule has 0 saturated carbocycles. The molecule has 28 heavy (non-hydrogen) atoms. The Morgan fingerprint density at radius 1 is 1.00 bits per heavy atom. The maximum atomic E-state index is 12.7. The molecule has 0 fully saturated rings. The Hall–Kier alpha value is -3.09. The van der Waals surface area contributed by atoms with Crippen LogP contribution in [0.4, 0.5) is 0 Å². The van der Waals surface area contributed by atoms with Gasteiger partial charge in [-0.15, -0.1) is 0 Å². The summed E-state index contributed by atoms with van der Waals surface area (Å²) in [5, 5.41) is 0. The van der Waals surface area contributed by atoms with Crippen molar-refractivity contribution in [1.82, 2.24) is 9.88 Å². The zero-order chi connectivity index (χ0) is 20.2. The number of nitrogens with zero attached hydrogens (tertiary/aromatic N) is 2. The van der Waals surface area contributed by atoms with Crippen LogP contribution in [0.15, 0.2) is 48.8 Å². The van der Waals surface area contributed by atoms with E-state index in [1.165, 1.54) is 0 Å². The molecule has 1 aromatic heterocycles. The van der Waals surface area contributed by atoms with Crippen molar-refractivity contribution in [2.24, 2.45) is 0 Å². The molecule has 1 amide bonds. The minimum Gasteiger partial charge on any atom is -0.494 e. The fourth-order valence-electron chi connectivity index (χ4n) is 2.50. The van der Waals surface area contributed by atoms with Crippen molar-refractivity contribution >= 4 is 11.9 Å². The summed E-state index contributed by atoms with van der Waals surface area (Å²) in [6, 6.07) is 10.8. The van der Waals surface area contributed by atoms with Crippen LogP contribution in [0.25, 0.3) is 0 Å². The number of pyridine rings is 1. The number of benzene rings is 1. The fraction of sp³-hybridized carbons (Fsp3) is 0.381. The number of rotatable bonds is 11. The first-order chi connectivity index (χ1) is 13.6. The lowest BCUT2D eigenvalue weighted by Crippen LogP contribution is -2.36. The van der Waals surface area contributed by atoms with Crippen molar-refractivity contribution in [1.29, 1.82) is 0 Å². The van der Waals surface area contributed by atoms with E-state index in [1.54, 1.807) is 54.5 Å². The second-order valence-electron chi connectivity index (χ2n) is 5.92. The molecule has 0 bridgehead atoms. The van der Waals surface area contributed by atoms with Crippen LogP contribution >= 0.6 is 0 Å². The van der Waals surface area contributed by atoms with E-state index in [0.29, 0.717) is 25.5 Å². The number of amides is 1. The molecule has 1 heterocycles. The number of hydrogen-bond donors (Lipinski definition) is 0. The first kappa shape index (κ1) is 21.2. The number of aromatic nitrogens is 1. The van der Waals surface area contributed by atoms with E-state index >= 15 is 0 Å². The van der Waals surface area contributed by atoms with E-state index in [4.69, 9.17) is 14.2 Å². The minimum atomic E-state index is -0.334. The van der Waals surface area contributed by atoms with Gasteiger partial charge in [0.15, 0.2) is 6.61 Å². The van der Waals surface area contributed by atoms with Gasteiger partial charge in [0.25, 0.3) is 5.91 Å². The molecule has 2 rings (SSSR count). The van der Waals surface area contributed by atoms with Gasteiger partial charge in [0, 0.05) is 25.5 Å². The van der Waals surface area contributed by atoms with Gasteiger partial charge in [-0.1, -0.05) is 6.07 Å². The third-order valence-electron chi connectivity index (χ3n) is 3.84. The summed E-state index contributed by atoms with van der Waals surface area (Å²) in [6.45, 7) is 5.03. The van der Waals surface area contributed by atoms with Crippen LogP contribution in [0.5, 0.6) is 11.5 Å². The molecular weight excluding hydrogens is 360 g/mol. The van der Waals surface area contributed by atoms with Gasteiger partial charge >= 0.3 is 5.97 Å². The molecule has 0 N–H and O–H groups in total. The molecule has 0 atom stereocenters. The molecule has 0 aliphatic carbocycles. The molecule has 0 saturated heterocycles. The second-order valence-corrected chi connectivity index (χ2v) is 5.92. The first-order valence-corrected chi connectivity index (χ1v) is 9.30. The lowest BCUT2D eigenvalue weighted by molar-refractivity contribution is -0.144. The standard InChI is InChI=1S/C21H26N2O5/c1-3-26-18-7-9-19(10-8-18)28-16-20(24)23(13-11-21(25)27-4-2)15-17-6-5-12-22-14-17/h5-10,12,14H,3-4,11,13,15-16H2,1-2H3. The van der Waals surface area contributed by atoms with Crippen LogP contribution in [0.1, 0.15) is 25.8 Å². The zero-order valence-electron chi connectivity index (χ0n) is 16.3. The summed E-state index contributed by atoms with van der Waals surface area (Å²) < 4.78 is 15.9. The smallest absolute Gasteiger partial charge is 0.307 e. The van der Waals surface area contributed by atoms with Crippen LogP contribution in [0, 0.1) is 0 Å². The van der Waals surface area contributed by atoms with Gasteiger partial charge in [-0.25, -0.2) is 0 Å². The largest absolute Gasteiger partial charge is 0.494 e. The molecule has 1 aromatic carbocycles. The highest BCUT2D eigenvalue weighted by Gasteiger charge is 2.17. The Balaban J connectivity index is 1.95. The summed E-state index contributed by atoms with van der Waals surface area (Å²) >= 11 is 0. The van der Waals surface area contributed by atoms with Gasteiger partial charge in [0.05, 0.1) is 19.6 Å². The van der Waals surface area contributed by atoms with E-state index in [0.717, 1.165) is 11.3 Å². The Labute approximate surface area is 165 Å². The summed E-state index contributed by atoms with van der Waals surface area (Å²) in [5.74, 6) is 0.762. The van der Waals surface area contributed by atoms with Crippen molar-refractivity contribution in [2.75, 3.05) is 26.4 Å². The molecule has 0 spiro atoms.